The molecular weight excluding hydrogens is 454 g/mol. The number of aromatic nitrogens is 1. The highest BCUT2D eigenvalue weighted by Gasteiger charge is 2.14. The highest BCUT2D eigenvalue weighted by Crippen LogP contribution is 2.28. The monoisotopic (exact) mass is 485 g/mol. The molecule has 3 N–H and O–H groups in total. The molecule has 0 saturated carbocycles. The van der Waals surface area contributed by atoms with Crippen molar-refractivity contribution >= 4 is 23.1 Å². The van der Waals surface area contributed by atoms with E-state index >= 15 is 0 Å². The molecule has 2 heterocycles. The first kappa shape index (κ1) is 24.8. The van der Waals surface area contributed by atoms with Crippen LogP contribution in [0.4, 0.5) is 17.2 Å². The number of carbonyl (C=O) groups excluding carboxylic acids is 1. The first-order valence-corrected chi connectivity index (χ1v) is 11.7. The second-order valence-corrected chi connectivity index (χ2v) is 8.71. The normalized spacial score (nSPS) is 10.9. The SMILES string of the molecule is COc1ccc(CN(CCN(C)C)c2ccc(C(=O)Nc3cc(-c4ccco4)ccc3N)cn2)cc1. The van der Waals surface area contributed by atoms with Gasteiger partial charge in [-0.05, 0) is 74.3 Å². The zero-order chi connectivity index (χ0) is 25.5. The van der Waals surface area contributed by atoms with Crippen LogP contribution in [0.1, 0.15) is 15.9 Å². The number of benzene rings is 2. The van der Waals surface area contributed by atoms with E-state index in [0.717, 1.165) is 35.8 Å². The maximum Gasteiger partial charge on any atom is 0.257 e. The number of furan rings is 1. The second kappa shape index (κ2) is 11.4. The minimum atomic E-state index is -0.285. The van der Waals surface area contributed by atoms with Crippen LogP contribution in [0.25, 0.3) is 11.3 Å². The van der Waals surface area contributed by atoms with Gasteiger partial charge >= 0.3 is 0 Å². The number of nitrogens with two attached hydrogens (primary N) is 1. The predicted octanol–water partition coefficient (Wildman–Crippen LogP) is 4.75. The fourth-order valence-corrected chi connectivity index (χ4v) is 3.71. The Balaban J connectivity index is 1.49. The smallest absolute Gasteiger partial charge is 0.257 e. The summed E-state index contributed by atoms with van der Waals surface area (Å²) in [4.78, 5) is 21.9. The van der Waals surface area contributed by atoms with E-state index in [0.29, 0.717) is 29.2 Å². The molecule has 0 saturated heterocycles. The van der Waals surface area contributed by atoms with Crippen LogP contribution in [0.2, 0.25) is 0 Å². The summed E-state index contributed by atoms with van der Waals surface area (Å²) < 4.78 is 10.7. The van der Waals surface area contributed by atoms with Gasteiger partial charge in [0, 0.05) is 31.4 Å². The summed E-state index contributed by atoms with van der Waals surface area (Å²) in [5.74, 6) is 2.03. The van der Waals surface area contributed by atoms with E-state index in [2.05, 4.69) is 20.1 Å². The lowest BCUT2D eigenvalue weighted by Crippen LogP contribution is -2.32. The Morgan fingerprint density at radius 2 is 1.86 bits per heavy atom. The number of amides is 1. The predicted molar refractivity (Wildman–Crippen MR) is 143 cm³/mol. The molecule has 0 aliphatic rings. The molecule has 0 unspecified atom stereocenters. The molecule has 36 heavy (non-hydrogen) atoms. The highest BCUT2D eigenvalue weighted by molar-refractivity contribution is 6.06. The van der Waals surface area contributed by atoms with Crippen molar-refractivity contribution in [2.24, 2.45) is 0 Å². The quantitative estimate of drug-likeness (QED) is 0.313. The highest BCUT2D eigenvalue weighted by atomic mass is 16.5. The van der Waals surface area contributed by atoms with Gasteiger partial charge in [-0.2, -0.15) is 0 Å². The largest absolute Gasteiger partial charge is 0.497 e. The molecule has 0 bridgehead atoms. The Morgan fingerprint density at radius 1 is 1.06 bits per heavy atom. The number of hydrogen-bond acceptors (Lipinski definition) is 7. The summed E-state index contributed by atoms with van der Waals surface area (Å²) in [6, 6.07) is 20.7. The molecule has 0 aliphatic carbocycles. The molecule has 4 rings (SSSR count). The minimum Gasteiger partial charge on any atom is -0.497 e. The van der Waals surface area contributed by atoms with Crippen molar-refractivity contribution in [1.82, 2.24) is 9.88 Å². The molecule has 2 aromatic carbocycles. The van der Waals surface area contributed by atoms with E-state index in [1.54, 1.807) is 37.8 Å². The fourth-order valence-electron chi connectivity index (χ4n) is 3.71. The first-order chi connectivity index (χ1) is 17.4. The van der Waals surface area contributed by atoms with Gasteiger partial charge in [-0.3, -0.25) is 4.79 Å². The van der Waals surface area contributed by atoms with Crippen molar-refractivity contribution < 1.29 is 13.9 Å². The van der Waals surface area contributed by atoms with Gasteiger partial charge in [0.05, 0.1) is 30.3 Å². The fraction of sp³-hybridized carbons (Fsp3) is 0.214. The number of likely N-dealkylation sites (N-methyl/N-ethyl adjacent to an activating group) is 1. The Labute approximate surface area is 211 Å². The maximum atomic E-state index is 12.9. The van der Waals surface area contributed by atoms with Crippen molar-refractivity contribution in [3.05, 3.63) is 90.3 Å². The average Bonchev–Trinajstić information content (AvgIpc) is 3.43. The van der Waals surface area contributed by atoms with Crippen molar-refractivity contribution in [2.75, 3.05) is 50.2 Å². The van der Waals surface area contributed by atoms with Crippen LogP contribution in [0, 0.1) is 0 Å². The lowest BCUT2D eigenvalue weighted by molar-refractivity contribution is 0.102. The van der Waals surface area contributed by atoms with Crippen LogP contribution < -0.4 is 20.7 Å². The van der Waals surface area contributed by atoms with Gasteiger partial charge in [-0.15, -0.1) is 0 Å². The summed E-state index contributed by atoms with van der Waals surface area (Å²) in [7, 11) is 5.74. The third kappa shape index (κ3) is 6.22. The van der Waals surface area contributed by atoms with Gasteiger partial charge in [0.2, 0.25) is 0 Å². The number of carbonyl (C=O) groups is 1. The van der Waals surface area contributed by atoms with Gasteiger partial charge in [0.1, 0.15) is 17.3 Å². The van der Waals surface area contributed by atoms with E-state index in [-0.39, 0.29) is 5.91 Å². The molecule has 186 valence electrons. The topological polar surface area (TPSA) is 96.9 Å². The molecule has 0 spiro atoms. The summed E-state index contributed by atoms with van der Waals surface area (Å²) in [6.07, 6.45) is 3.20. The Bertz CT molecular complexity index is 1270. The number of nitrogens with zero attached hydrogens (tertiary/aromatic N) is 3. The van der Waals surface area contributed by atoms with Crippen LogP contribution in [0.3, 0.4) is 0 Å². The van der Waals surface area contributed by atoms with Crippen LogP contribution in [-0.4, -0.2) is 50.1 Å². The summed E-state index contributed by atoms with van der Waals surface area (Å²) in [6.45, 7) is 2.34. The number of nitrogens with one attached hydrogen (secondary N) is 1. The van der Waals surface area contributed by atoms with E-state index in [9.17, 15) is 4.79 Å². The van der Waals surface area contributed by atoms with Gasteiger partial charge in [-0.1, -0.05) is 12.1 Å². The van der Waals surface area contributed by atoms with Crippen LogP contribution in [0.15, 0.2) is 83.6 Å². The standard InChI is InChI=1S/C28H31N5O3/c1-32(2)14-15-33(19-20-6-10-23(35-3)11-7-20)27-13-9-22(18-30-27)28(34)31-25-17-21(8-12-24(25)29)26-5-4-16-36-26/h4-13,16-18H,14-15,19,29H2,1-3H3,(H,31,34). The minimum absolute atomic E-state index is 0.285. The Kier molecular flexibility index (Phi) is 7.87. The van der Waals surface area contributed by atoms with E-state index in [1.165, 1.54) is 0 Å². The third-order valence-corrected chi connectivity index (χ3v) is 5.79. The second-order valence-electron chi connectivity index (χ2n) is 8.71. The number of rotatable bonds is 10. The zero-order valence-electron chi connectivity index (χ0n) is 20.8. The molecule has 0 fully saturated rings. The van der Waals surface area contributed by atoms with Gasteiger partial charge in [-0.25, -0.2) is 4.98 Å². The summed E-state index contributed by atoms with van der Waals surface area (Å²) in [5, 5.41) is 2.89. The van der Waals surface area contributed by atoms with Crippen molar-refractivity contribution in [3.8, 4) is 17.1 Å². The average molecular weight is 486 g/mol. The van der Waals surface area contributed by atoms with E-state index in [1.807, 2.05) is 62.6 Å². The zero-order valence-corrected chi connectivity index (χ0v) is 20.8. The van der Waals surface area contributed by atoms with Gasteiger partial charge in [0.25, 0.3) is 5.91 Å². The number of ether oxygens (including phenoxy) is 1. The van der Waals surface area contributed by atoms with Gasteiger partial charge < -0.3 is 30.0 Å². The molecule has 2 aromatic heterocycles. The van der Waals surface area contributed by atoms with Crippen LogP contribution in [-0.2, 0) is 6.54 Å². The molecule has 0 aliphatic heterocycles. The van der Waals surface area contributed by atoms with Gasteiger partial charge in [0.15, 0.2) is 0 Å². The molecule has 4 aromatic rings. The van der Waals surface area contributed by atoms with E-state index < -0.39 is 0 Å². The first-order valence-electron chi connectivity index (χ1n) is 11.7. The van der Waals surface area contributed by atoms with Crippen molar-refractivity contribution in [1.29, 1.82) is 0 Å². The maximum absolute atomic E-state index is 12.9. The van der Waals surface area contributed by atoms with Crippen LogP contribution in [0.5, 0.6) is 5.75 Å². The Morgan fingerprint density at radius 3 is 2.50 bits per heavy atom. The summed E-state index contributed by atoms with van der Waals surface area (Å²) in [5.41, 5.74) is 9.51. The molecular formula is C28H31N5O3. The summed E-state index contributed by atoms with van der Waals surface area (Å²) >= 11 is 0. The number of methoxy groups -OCH3 is 1. The number of anilines is 3. The molecule has 8 nitrogen and oxygen atoms in total. The molecule has 0 atom stereocenters. The lowest BCUT2D eigenvalue weighted by Gasteiger charge is -2.25. The molecule has 8 heteroatoms. The lowest BCUT2D eigenvalue weighted by atomic mass is 10.1. The third-order valence-electron chi connectivity index (χ3n) is 5.79. The molecule has 1 amide bonds. The van der Waals surface area contributed by atoms with Crippen molar-refractivity contribution in [2.45, 2.75) is 6.54 Å². The number of pyridine rings is 1. The Hall–Kier alpha value is -4.30. The van der Waals surface area contributed by atoms with Crippen molar-refractivity contribution in [3.63, 3.8) is 0 Å². The van der Waals surface area contributed by atoms with Crippen LogP contribution >= 0.6 is 0 Å². The van der Waals surface area contributed by atoms with E-state index in [4.69, 9.17) is 14.9 Å². The molecule has 0 radical (unpaired) electrons. The number of nitrogen functional groups attached to an aromatic ring is 1. The number of hydrogen-bond donors (Lipinski definition) is 2.